The molecule has 2 unspecified atom stereocenters. The number of aryl methyl sites for hydroxylation is 1. The van der Waals surface area contributed by atoms with Crippen LogP contribution in [-0.2, 0) is 0 Å². The highest BCUT2D eigenvalue weighted by Gasteiger charge is 2.38. The number of aromatic nitrogens is 1. The molecule has 1 aliphatic carbocycles. The van der Waals surface area contributed by atoms with E-state index in [9.17, 15) is 0 Å². The fourth-order valence-electron chi connectivity index (χ4n) is 3.20. The van der Waals surface area contributed by atoms with Crippen molar-refractivity contribution in [2.75, 3.05) is 18.0 Å². The second kappa shape index (κ2) is 5.12. The van der Waals surface area contributed by atoms with Crippen molar-refractivity contribution in [3.05, 3.63) is 24.0 Å². The van der Waals surface area contributed by atoms with E-state index in [1.807, 2.05) is 12.4 Å². The number of pyridine rings is 1. The molecule has 1 aromatic heterocycles. The normalized spacial score (nSPS) is 27.9. The fourth-order valence-corrected chi connectivity index (χ4v) is 3.20. The van der Waals surface area contributed by atoms with Crippen LogP contribution in [0.2, 0.25) is 0 Å². The number of rotatable bonds is 3. The van der Waals surface area contributed by atoms with Crippen LogP contribution in [0, 0.1) is 18.8 Å². The van der Waals surface area contributed by atoms with Gasteiger partial charge in [0.05, 0.1) is 11.9 Å². The molecule has 1 N–H and O–H groups in total. The third kappa shape index (κ3) is 2.76. The predicted molar refractivity (Wildman–Crippen MR) is 79.5 cm³/mol. The number of hydrogen-bond acceptors (Lipinski definition) is 3. The third-order valence-electron chi connectivity index (χ3n) is 4.54. The van der Waals surface area contributed by atoms with Gasteiger partial charge in [-0.1, -0.05) is 13.8 Å². The molecular weight excluding hydrogens is 234 g/mol. The van der Waals surface area contributed by atoms with Gasteiger partial charge in [0.25, 0.3) is 0 Å². The molecular formula is C16H25N3. The minimum atomic E-state index is 0.582. The first-order valence-corrected chi connectivity index (χ1v) is 7.57. The van der Waals surface area contributed by atoms with Gasteiger partial charge in [-0.25, -0.2) is 0 Å². The molecule has 3 heteroatoms. The molecule has 1 saturated carbocycles. The summed E-state index contributed by atoms with van der Waals surface area (Å²) in [6, 6.07) is 3.53. The maximum atomic E-state index is 4.38. The molecule has 2 fully saturated rings. The van der Waals surface area contributed by atoms with Gasteiger partial charge in [0.2, 0.25) is 0 Å². The van der Waals surface area contributed by atoms with Crippen LogP contribution in [0.1, 0.15) is 32.3 Å². The third-order valence-corrected chi connectivity index (χ3v) is 4.54. The van der Waals surface area contributed by atoms with Crippen LogP contribution in [-0.4, -0.2) is 30.2 Å². The molecule has 1 aromatic rings. The lowest BCUT2D eigenvalue weighted by molar-refractivity contribution is 0.320. The molecule has 0 radical (unpaired) electrons. The van der Waals surface area contributed by atoms with E-state index in [1.165, 1.54) is 24.1 Å². The summed E-state index contributed by atoms with van der Waals surface area (Å²) in [5.74, 6) is 1.57. The molecule has 19 heavy (non-hydrogen) atoms. The molecule has 0 bridgehead atoms. The zero-order valence-corrected chi connectivity index (χ0v) is 12.3. The highest BCUT2D eigenvalue weighted by Crippen LogP contribution is 2.36. The van der Waals surface area contributed by atoms with Crippen LogP contribution >= 0.6 is 0 Å². The van der Waals surface area contributed by atoms with Crippen molar-refractivity contribution in [2.45, 2.75) is 45.7 Å². The lowest BCUT2D eigenvalue weighted by Gasteiger charge is -2.44. The zero-order valence-electron chi connectivity index (χ0n) is 12.3. The Bertz CT molecular complexity index is 439. The largest absolute Gasteiger partial charge is 0.364 e. The van der Waals surface area contributed by atoms with Gasteiger partial charge >= 0.3 is 0 Å². The lowest BCUT2D eigenvalue weighted by Crippen LogP contribution is -2.59. The second-order valence-corrected chi connectivity index (χ2v) is 6.54. The summed E-state index contributed by atoms with van der Waals surface area (Å²) >= 11 is 0. The first-order chi connectivity index (χ1) is 9.15. The number of anilines is 1. The fraction of sp³-hybridized carbons (Fsp3) is 0.688. The summed E-state index contributed by atoms with van der Waals surface area (Å²) in [4.78, 5) is 6.96. The van der Waals surface area contributed by atoms with E-state index in [-0.39, 0.29) is 0 Å². The monoisotopic (exact) mass is 259 g/mol. The van der Waals surface area contributed by atoms with Gasteiger partial charge < -0.3 is 10.2 Å². The summed E-state index contributed by atoms with van der Waals surface area (Å²) < 4.78 is 0. The minimum Gasteiger partial charge on any atom is -0.364 e. The van der Waals surface area contributed by atoms with Gasteiger partial charge in [-0.3, -0.25) is 4.98 Å². The van der Waals surface area contributed by atoms with Crippen LogP contribution in [0.25, 0.3) is 0 Å². The van der Waals surface area contributed by atoms with Crippen molar-refractivity contribution in [3.63, 3.8) is 0 Å². The Kier molecular flexibility index (Phi) is 3.48. The standard InChI is InChI=1S/C16H25N3/c1-11(2)16-9-18-15(13-4-5-13)10-19(16)14-6-12(3)7-17-8-14/h6-8,11,13,15-16,18H,4-5,9-10H2,1-3H3. The van der Waals surface area contributed by atoms with Gasteiger partial charge in [-0.05, 0) is 43.2 Å². The molecule has 2 atom stereocenters. The Labute approximate surface area is 116 Å². The minimum absolute atomic E-state index is 0.582. The van der Waals surface area contributed by atoms with E-state index in [4.69, 9.17) is 0 Å². The molecule has 1 saturated heterocycles. The average molecular weight is 259 g/mol. The smallest absolute Gasteiger partial charge is 0.0558 e. The average Bonchev–Trinajstić information content (AvgIpc) is 3.22. The van der Waals surface area contributed by atoms with E-state index in [2.05, 4.69) is 42.0 Å². The number of nitrogens with one attached hydrogen (secondary N) is 1. The molecule has 104 valence electrons. The Morgan fingerprint density at radius 2 is 2.11 bits per heavy atom. The lowest BCUT2D eigenvalue weighted by atomic mass is 9.96. The van der Waals surface area contributed by atoms with Crippen molar-refractivity contribution < 1.29 is 0 Å². The van der Waals surface area contributed by atoms with Crippen LogP contribution < -0.4 is 10.2 Å². The van der Waals surface area contributed by atoms with Crippen LogP contribution in [0.4, 0.5) is 5.69 Å². The molecule has 3 rings (SSSR count). The highest BCUT2D eigenvalue weighted by molar-refractivity contribution is 5.48. The first kappa shape index (κ1) is 12.9. The van der Waals surface area contributed by atoms with Gasteiger partial charge in [-0.2, -0.15) is 0 Å². The Balaban J connectivity index is 1.83. The van der Waals surface area contributed by atoms with Gasteiger partial charge in [0.15, 0.2) is 0 Å². The molecule has 3 nitrogen and oxygen atoms in total. The summed E-state index contributed by atoms with van der Waals surface area (Å²) in [5, 5.41) is 3.76. The van der Waals surface area contributed by atoms with Crippen molar-refractivity contribution in [1.29, 1.82) is 0 Å². The predicted octanol–water partition coefficient (Wildman–Crippen LogP) is 2.60. The maximum Gasteiger partial charge on any atom is 0.0558 e. The van der Waals surface area contributed by atoms with Crippen LogP contribution in [0.3, 0.4) is 0 Å². The van der Waals surface area contributed by atoms with Crippen LogP contribution in [0.15, 0.2) is 18.5 Å². The number of hydrogen-bond donors (Lipinski definition) is 1. The van der Waals surface area contributed by atoms with Crippen LogP contribution in [0.5, 0.6) is 0 Å². The molecule has 2 heterocycles. The van der Waals surface area contributed by atoms with E-state index in [1.54, 1.807) is 0 Å². The van der Waals surface area contributed by atoms with E-state index >= 15 is 0 Å². The molecule has 2 aliphatic rings. The van der Waals surface area contributed by atoms with Gasteiger partial charge in [0, 0.05) is 31.4 Å². The summed E-state index contributed by atoms with van der Waals surface area (Å²) in [5.41, 5.74) is 2.55. The van der Waals surface area contributed by atoms with Crippen molar-refractivity contribution >= 4 is 5.69 Å². The quantitative estimate of drug-likeness (QED) is 0.904. The Morgan fingerprint density at radius 3 is 2.74 bits per heavy atom. The van der Waals surface area contributed by atoms with E-state index < -0.39 is 0 Å². The Hall–Kier alpha value is -1.09. The summed E-state index contributed by atoms with van der Waals surface area (Å²) in [6.45, 7) is 9.01. The zero-order chi connectivity index (χ0) is 13.4. The SMILES string of the molecule is Cc1cncc(N2CC(C3CC3)NCC2C(C)C)c1. The molecule has 0 spiro atoms. The summed E-state index contributed by atoms with van der Waals surface area (Å²) in [7, 11) is 0. The summed E-state index contributed by atoms with van der Waals surface area (Å²) in [6.07, 6.45) is 6.78. The van der Waals surface area contributed by atoms with E-state index in [0.717, 1.165) is 19.0 Å². The number of piperazine rings is 1. The second-order valence-electron chi connectivity index (χ2n) is 6.54. The molecule has 1 aliphatic heterocycles. The molecule has 0 amide bonds. The van der Waals surface area contributed by atoms with Gasteiger partial charge in [0.1, 0.15) is 0 Å². The molecule has 0 aromatic carbocycles. The topological polar surface area (TPSA) is 28.2 Å². The highest BCUT2D eigenvalue weighted by atomic mass is 15.2. The van der Waals surface area contributed by atoms with Crippen molar-refractivity contribution in [3.8, 4) is 0 Å². The van der Waals surface area contributed by atoms with Crippen molar-refractivity contribution in [2.24, 2.45) is 11.8 Å². The van der Waals surface area contributed by atoms with E-state index in [0.29, 0.717) is 18.0 Å². The van der Waals surface area contributed by atoms with Crippen molar-refractivity contribution in [1.82, 2.24) is 10.3 Å². The number of nitrogens with zero attached hydrogens (tertiary/aromatic N) is 2. The maximum absolute atomic E-state index is 4.38. The Morgan fingerprint density at radius 1 is 1.32 bits per heavy atom. The first-order valence-electron chi connectivity index (χ1n) is 7.57. The van der Waals surface area contributed by atoms with Gasteiger partial charge in [-0.15, -0.1) is 0 Å².